The van der Waals surface area contributed by atoms with Crippen molar-refractivity contribution in [3.8, 4) is 0 Å². The largest absolute Gasteiger partial charge is 0.383 e. The zero-order valence-corrected chi connectivity index (χ0v) is 17.2. The first-order valence-electron chi connectivity index (χ1n) is 11.2. The summed E-state index contributed by atoms with van der Waals surface area (Å²) in [7, 11) is 1.78. The molecule has 0 aromatic carbocycles. The normalized spacial score (nSPS) is 33.9. The highest BCUT2D eigenvalue weighted by atomic mass is 16.5. The van der Waals surface area contributed by atoms with Crippen LogP contribution in [0, 0.1) is 11.3 Å². The summed E-state index contributed by atoms with van der Waals surface area (Å²) in [5, 5.41) is 7.64. The first kappa shape index (κ1) is 19.5. The minimum Gasteiger partial charge on any atom is -0.383 e. The third-order valence-corrected chi connectivity index (χ3v) is 7.43. The number of nitrogens with one attached hydrogen (secondary N) is 2. The van der Waals surface area contributed by atoms with Crippen LogP contribution in [0.3, 0.4) is 0 Å². The van der Waals surface area contributed by atoms with E-state index in [4.69, 9.17) is 14.5 Å². The van der Waals surface area contributed by atoms with Crippen LogP contribution in [0.1, 0.15) is 51.9 Å². The number of likely N-dealkylation sites (tertiary alicyclic amines) is 1. The van der Waals surface area contributed by atoms with Gasteiger partial charge < -0.3 is 25.0 Å². The number of piperidine rings is 1. The number of ether oxygens (including phenoxy) is 2. The van der Waals surface area contributed by atoms with Gasteiger partial charge in [-0.25, -0.2) is 0 Å². The van der Waals surface area contributed by atoms with Gasteiger partial charge in [-0.15, -0.1) is 0 Å². The van der Waals surface area contributed by atoms with Gasteiger partial charge in [0.2, 0.25) is 0 Å². The van der Waals surface area contributed by atoms with Gasteiger partial charge in [0.15, 0.2) is 5.96 Å². The van der Waals surface area contributed by atoms with E-state index in [-0.39, 0.29) is 0 Å². The number of fused-ring (bicyclic) bond motifs is 2. The Balaban J connectivity index is 1.33. The zero-order chi connectivity index (χ0) is 18.7. The second kappa shape index (κ2) is 8.66. The van der Waals surface area contributed by atoms with Gasteiger partial charge >= 0.3 is 0 Å². The zero-order valence-electron chi connectivity index (χ0n) is 17.2. The molecule has 2 N–H and O–H groups in total. The Labute approximate surface area is 164 Å². The number of guanidine groups is 1. The molecule has 2 heterocycles. The molecule has 1 spiro atoms. The summed E-state index contributed by atoms with van der Waals surface area (Å²) in [5.41, 5.74) is 0.376. The molecule has 0 aromatic heterocycles. The van der Waals surface area contributed by atoms with E-state index in [0.29, 0.717) is 29.5 Å². The topological polar surface area (TPSA) is 58.1 Å². The predicted molar refractivity (Wildman–Crippen MR) is 108 cm³/mol. The van der Waals surface area contributed by atoms with Crippen molar-refractivity contribution >= 4 is 5.96 Å². The Hall–Kier alpha value is -0.850. The van der Waals surface area contributed by atoms with Crippen molar-refractivity contribution in [3.05, 3.63) is 0 Å². The number of aliphatic imine (C=N–C) groups is 1. The molecule has 2 aliphatic heterocycles. The predicted octanol–water partition coefficient (Wildman–Crippen LogP) is 2.00. The van der Waals surface area contributed by atoms with E-state index in [1.54, 1.807) is 7.11 Å². The van der Waals surface area contributed by atoms with Crippen molar-refractivity contribution in [1.82, 2.24) is 15.5 Å². The van der Waals surface area contributed by atoms with Crippen LogP contribution in [0.15, 0.2) is 4.99 Å². The second-order valence-electron chi connectivity index (χ2n) is 8.88. The molecular formula is C21H38N4O2. The average Bonchev–Trinajstić information content (AvgIpc) is 3.34. The van der Waals surface area contributed by atoms with E-state index >= 15 is 0 Å². The molecule has 4 fully saturated rings. The maximum atomic E-state index is 6.14. The maximum absolute atomic E-state index is 6.14. The molecule has 3 atom stereocenters. The highest BCUT2D eigenvalue weighted by Gasteiger charge is 2.65. The maximum Gasteiger partial charge on any atom is 0.191 e. The van der Waals surface area contributed by atoms with Crippen molar-refractivity contribution in [3.63, 3.8) is 0 Å². The number of methoxy groups -OCH3 is 1. The van der Waals surface area contributed by atoms with Crippen LogP contribution >= 0.6 is 0 Å². The molecule has 2 saturated heterocycles. The molecule has 6 nitrogen and oxygen atoms in total. The molecule has 4 aliphatic rings. The van der Waals surface area contributed by atoms with E-state index in [2.05, 4.69) is 22.5 Å². The van der Waals surface area contributed by atoms with Crippen LogP contribution in [0.25, 0.3) is 0 Å². The van der Waals surface area contributed by atoms with Gasteiger partial charge in [-0.3, -0.25) is 4.99 Å². The minimum atomic E-state index is 0.376. The first-order chi connectivity index (χ1) is 13.3. The summed E-state index contributed by atoms with van der Waals surface area (Å²) < 4.78 is 11.4. The molecule has 6 heteroatoms. The average molecular weight is 379 g/mol. The van der Waals surface area contributed by atoms with Crippen LogP contribution in [-0.2, 0) is 9.47 Å². The summed E-state index contributed by atoms with van der Waals surface area (Å²) in [6.45, 7) is 8.07. The molecule has 154 valence electrons. The molecule has 27 heavy (non-hydrogen) atoms. The van der Waals surface area contributed by atoms with Crippen LogP contribution in [0.5, 0.6) is 0 Å². The Morgan fingerprint density at radius 1 is 1.19 bits per heavy atom. The number of hydrogen-bond acceptors (Lipinski definition) is 4. The quantitative estimate of drug-likeness (QED) is 0.547. The van der Waals surface area contributed by atoms with E-state index in [1.807, 2.05) is 0 Å². The summed E-state index contributed by atoms with van der Waals surface area (Å²) in [6.07, 6.45) is 9.44. The number of hydrogen-bond donors (Lipinski definition) is 2. The fourth-order valence-electron chi connectivity index (χ4n) is 6.06. The van der Waals surface area contributed by atoms with Crippen molar-refractivity contribution in [2.75, 3.05) is 46.5 Å². The van der Waals surface area contributed by atoms with Gasteiger partial charge in [0.1, 0.15) is 0 Å². The van der Waals surface area contributed by atoms with Crippen molar-refractivity contribution in [2.45, 2.75) is 70.1 Å². The molecule has 0 bridgehead atoms. The van der Waals surface area contributed by atoms with Crippen molar-refractivity contribution in [1.29, 1.82) is 0 Å². The summed E-state index contributed by atoms with van der Waals surface area (Å²) in [5.74, 6) is 1.72. The highest BCUT2D eigenvalue weighted by molar-refractivity contribution is 5.80. The standard InChI is InChI=1S/C21H38N4O2/c1-3-22-20(23-16-6-11-25(12-7-16)13-15-26-2)24-18-17-8-14-27-19(17)21(18)9-4-5-10-21/h16-19H,3-15H2,1-2H3,(H2,22,23,24). The van der Waals surface area contributed by atoms with Gasteiger partial charge in [0.05, 0.1) is 12.7 Å². The Kier molecular flexibility index (Phi) is 6.25. The molecule has 0 radical (unpaired) electrons. The van der Waals surface area contributed by atoms with Gasteiger partial charge in [0.25, 0.3) is 0 Å². The van der Waals surface area contributed by atoms with Gasteiger partial charge in [-0.2, -0.15) is 0 Å². The Bertz CT molecular complexity index is 512. The summed E-state index contributed by atoms with van der Waals surface area (Å²) in [4.78, 5) is 7.30. The third-order valence-electron chi connectivity index (χ3n) is 7.43. The van der Waals surface area contributed by atoms with Crippen molar-refractivity contribution < 1.29 is 9.47 Å². The summed E-state index contributed by atoms with van der Waals surface area (Å²) in [6, 6.07) is 1.07. The molecule has 0 aromatic rings. The summed E-state index contributed by atoms with van der Waals surface area (Å²) >= 11 is 0. The van der Waals surface area contributed by atoms with E-state index in [1.165, 1.54) is 44.9 Å². The smallest absolute Gasteiger partial charge is 0.191 e. The number of nitrogens with zero attached hydrogens (tertiary/aromatic N) is 2. The van der Waals surface area contributed by atoms with Crippen LogP contribution in [0.2, 0.25) is 0 Å². The van der Waals surface area contributed by atoms with Crippen molar-refractivity contribution in [2.24, 2.45) is 16.3 Å². The fourth-order valence-corrected chi connectivity index (χ4v) is 6.06. The van der Waals surface area contributed by atoms with E-state index in [9.17, 15) is 0 Å². The van der Waals surface area contributed by atoms with Gasteiger partial charge in [-0.1, -0.05) is 12.8 Å². The lowest BCUT2D eigenvalue weighted by Crippen LogP contribution is -2.69. The minimum absolute atomic E-state index is 0.376. The molecule has 3 unspecified atom stereocenters. The lowest BCUT2D eigenvalue weighted by atomic mass is 9.54. The molecule has 4 rings (SSSR count). The molecule has 2 saturated carbocycles. The monoisotopic (exact) mass is 378 g/mol. The fraction of sp³-hybridized carbons (Fsp3) is 0.952. The lowest BCUT2D eigenvalue weighted by molar-refractivity contribution is -0.125. The second-order valence-corrected chi connectivity index (χ2v) is 8.88. The highest BCUT2D eigenvalue weighted by Crippen LogP contribution is 2.60. The molecule has 0 amide bonds. The van der Waals surface area contributed by atoms with Crippen LogP contribution < -0.4 is 10.6 Å². The Morgan fingerprint density at radius 2 is 1.96 bits per heavy atom. The van der Waals surface area contributed by atoms with E-state index in [0.717, 1.165) is 45.4 Å². The third kappa shape index (κ3) is 3.85. The molecular weight excluding hydrogens is 340 g/mol. The Morgan fingerprint density at radius 3 is 2.67 bits per heavy atom. The van der Waals surface area contributed by atoms with Gasteiger partial charge in [-0.05, 0) is 39.0 Å². The molecule has 2 aliphatic carbocycles. The van der Waals surface area contributed by atoms with E-state index < -0.39 is 0 Å². The lowest BCUT2D eigenvalue weighted by Gasteiger charge is -2.57. The SMILES string of the molecule is CCN=C(NC1CCN(CCOC)CC1)NC1C2CCOC2C12CCCC2. The van der Waals surface area contributed by atoms with Gasteiger partial charge in [0, 0.05) is 63.3 Å². The number of rotatable bonds is 6. The van der Waals surface area contributed by atoms with Crippen LogP contribution in [-0.4, -0.2) is 75.5 Å². The van der Waals surface area contributed by atoms with Crippen LogP contribution in [0.4, 0.5) is 0 Å². The first-order valence-corrected chi connectivity index (χ1v) is 11.2.